The molecule has 8 heteroatoms. The number of carbonyl (C=O) groups is 2. The normalized spacial score (nSPS) is 16.8. The maximum absolute atomic E-state index is 12.9. The van der Waals surface area contributed by atoms with Gasteiger partial charge < -0.3 is 19.3 Å². The van der Waals surface area contributed by atoms with Crippen LogP contribution in [-0.4, -0.2) is 29.7 Å². The second-order valence-corrected chi connectivity index (χ2v) is 9.23. The number of nitrogens with one attached hydrogen (secondary N) is 1. The highest BCUT2D eigenvalue weighted by Gasteiger charge is 2.28. The molecule has 3 heterocycles. The standard InChI is InChI=1S/C24H24N2O5S/c1-3-29-24(28)21-16-6-4-5-7-20(16)32-23(21)25-22(27)17-12-19(31-26-17)14-8-9-18-15(11-14)10-13(2)30-18/h8-9,11-13H,3-7,10H2,1-2H3,(H,25,27)/t13-/m1/s1. The van der Waals surface area contributed by atoms with Crippen LogP contribution in [0.25, 0.3) is 11.3 Å². The zero-order valence-corrected chi connectivity index (χ0v) is 18.8. The quantitative estimate of drug-likeness (QED) is 0.546. The maximum atomic E-state index is 12.9. The average Bonchev–Trinajstić information content (AvgIpc) is 3.48. The topological polar surface area (TPSA) is 90.7 Å². The molecule has 2 aromatic heterocycles. The second kappa shape index (κ2) is 8.43. The van der Waals surface area contributed by atoms with Crippen molar-refractivity contribution in [2.45, 2.75) is 52.1 Å². The molecule has 1 atom stereocenters. The van der Waals surface area contributed by atoms with E-state index in [1.165, 1.54) is 11.3 Å². The molecule has 0 saturated carbocycles. The highest BCUT2D eigenvalue weighted by Crippen LogP contribution is 2.39. The van der Waals surface area contributed by atoms with E-state index in [0.29, 0.717) is 16.3 Å². The number of thiophene rings is 1. The lowest BCUT2D eigenvalue weighted by molar-refractivity contribution is 0.0526. The van der Waals surface area contributed by atoms with Gasteiger partial charge in [-0.05, 0) is 68.9 Å². The van der Waals surface area contributed by atoms with Gasteiger partial charge in [-0.15, -0.1) is 11.3 Å². The molecule has 32 heavy (non-hydrogen) atoms. The molecule has 0 bridgehead atoms. The van der Waals surface area contributed by atoms with Crippen LogP contribution in [0.15, 0.2) is 28.8 Å². The molecule has 1 N–H and O–H groups in total. The van der Waals surface area contributed by atoms with Gasteiger partial charge in [0, 0.05) is 22.9 Å². The summed E-state index contributed by atoms with van der Waals surface area (Å²) < 4.78 is 16.5. The van der Waals surface area contributed by atoms with Crippen molar-refractivity contribution in [3.05, 3.63) is 51.5 Å². The first kappa shape index (κ1) is 20.8. The highest BCUT2D eigenvalue weighted by atomic mass is 32.1. The number of carbonyl (C=O) groups excluding carboxylic acids is 2. The van der Waals surface area contributed by atoms with Crippen molar-refractivity contribution < 1.29 is 23.6 Å². The van der Waals surface area contributed by atoms with Gasteiger partial charge in [0.2, 0.25) is 0 Å². The number of aromatic nitrogens is 1. The summed E-state index contributed by atoms with van der Waals surface area (Å²) in [7, 11) is 0. The zero-order valence-electron chi connectivity index (χ0n) is 18.0. The lowest BCUT2D eigenvalue weighted by atomic mass is 9.95. The van der Waals surface area contributed by atoms with E-state index in [9.17, 15) is 9.59 Å². The van der Waals surface area contributed by atoms with Crippen LogP contribution in [0.1, 0.15) is 63.5 Å². The molecule has 1 amide bonds. The predicted octanol–water partition coefficient (Wildman–Crippen LogP) is 5.03. The van der Waals surface area contributed by atoms with Crippen LogP contribution >= 0.6 is 11.3 Å². The first-order valence-corrected chi connectivity index (χ1v) is 11.7. The molecule has 7 nitrogen and oxygen atoms in total. The summed E-state index contributed by atoms with van der Waals surface area (Å²) >= 11 is 1.45. The Morgan fingerprint density at radius 3 is 2.94 bits per heavy atom. The van der Waals surface area contributed by atoms with Gasteiger partial charge in [-0.25, -0.2) is 4.79 Å². The van der Waals surface area contributed by atoms with E-state index in [0.717, 1.165) is 59.4 Å². The van der Waals surface area contributed by atoms with Crippen LogP contribution in [0.5, 0.6) is 5.75 Å². The molecule has 2 aliphatic rings. The zero-order chi connectivity index (χ0) is 22.2. The minimum Gasteiger partial charge on any atom is -0.490 e. The first-order valence-electron chi connectivity index (χ1n) is 10.9. The molecular formula is C24H24N2O5S. The van der Waals surface area contributed by atoms with E-state index < -0.39 is 11.9 Å². The molecule has 5 rings (SSSR count). The van der Waals surface area contributed by atoms with Gasteiger partial charge in [0.25, 0.3) is 5.91 Å². The summed E-state index contributed by atoms with van der Waals surface area (Å²) in [6, 6.07) is 7.44. The summed E-state index contributed by atoms with van der Waals surface area (Å²) in [5.41, 5.74) is 3.60. The summed E-state index contributed by atoms with van der Waals surface area (Å²) in [4.78, 5) is 26.7. The van der Waals surface area contributed by atoms with E-state index in [1.54, 1.807) is 13.0 Å². The molecule has 3 aromatic rings. The molecule has 0 radical (unpaired) electrons. The number of benzene rings is 1. The molecule has 1 aliphatic heterocycles. The summed E-state index contributed by atoms with van der Waals surface area (Å²) in [6.45, 7) is 4.09. The minimum atomic E-state index is -0.415. The van der Waals surface area contributed by atoms with E-state index in [-0.39, 0.29) is 18.4 Å². The molecule has 166 valence electrons. The third-order valence-electron chi connectivity index (χ3n) is 5.80. The monoisotopic (exact) mass is 452 g/mol. The van der Waals surface area contributed by atoms with Crippen LogP contribution in [0.4, 0.5) is 5.00 Å². The van der Waals surface area contributed by atoms with Crippen molar-refractivity contribution in [3.8, 4) is 17.1 Å². The van der Waals surface area contributed by atoms with Crippen molar-refractivity contribution in [2.24, 2.45) is 0 Å². The van der Waals surface area contributed by atoms with E-state index in [2.05, 4.69) is 10.5 Å². The number of amides is 1. The lowest BCUT2D eigenvalue weighted by Gasteiger charge is -2.12. The largest absolute Gasteiger partial charge is 0.490 e. The first-order chi connectivity index (χ1) is 15.5. The Morgan fingerprint density at radius 1 is 1.25 bits per heavy atom. The molecule has 1 aromatic carbocycles. The van der Waals surface area contributed by atoms with Crippen LogP contribution in [-0.2, 0) is 24.0 Å². The number of hydrogen-bond donors (Lipinski definition) is 1. The molecule has 0 unspecified atom stereocenters. The van der Waals surface area contributed by atoms with Crippen molar-refractivity contribution in [1.82, 2.24) is 5.16 Å². The minimum absolute atomic E-state index is 0.154. The number of hydrogen-bond acceptors (Lipinski definition) is 7. The number of rotatable bonds is 5. The third-order valence-corrected chi connectivity index (χ3v) is 7.01. The number of anilines is 1. The van der Waals surface area contributed by atoms with Crippen LogP contribution in [0.3, 0.4) is 0 Å². The van der Waals surface area contributed by atoms with Crippen LogP contribution in [0, 0.1) is 0 Å². The average molecular weight is 453 g/mol. The number of aryl methyl sites for hydroxylation is 1. The van der Waals surface area contributed by atoms with Crippen molar-refractivity contribution in [2.75, 3.05) is 11.9 Å². The number of esters is 1. The van der Waals surface area contributed by atoms with E-state index in [1.807, 2.05) is 25.1 Å². The fourth-order valence-corrected chi connectivity index (χ4v) is 5.61. The van der Waals surface area contributed by atoms with Gasteiger partial charge in [-0.3, -0.25) is 4.79 Å². The summed E-state index contributed by atoms with van der Waals surface area (Å²) in [5.74, 6) is 0.584. The summed E-state index contributed by atoms with van der Waals surface area (Å²) in [5, 5.41) is 7.35. The Labute approximate surface area is 189 Å². The highest BCUT2D eigenvalue weighted by molar-refractivity contribution is 7.17. The third kappa shape index (κ3) is 3.79. The number of ether oxygens (including phenoxy) is 2. The maximum Gasteiger partial charge on any atom is 0.341 e. The molecular weight excluding hydrogens is 428 g/mol. The smallest absolute Gasteiger partial charge is 0.341 e. The second-order valence-electron chi connectivity index (χ2n) is 8.12. The van der Waals surface area contributed by atoms with Gasteiger partial charge in [0.15, 0.2) is 11.5 Å². The Balaban J connectivity index is 1.39. The van der Waals surface area contributed by atoms with Gasteiger partial charge in [0.05, 0.1) is 12.2 Å². The molecule has 0 fully saturated rings. The Morgan fingerprint density at radius 2 is 2.09 bits per heavy atom. The molecule has 1 aliphatic carbocycles. The predicted molar refractivity (Wildman–Crippen MR) is 121 cm³/mol. The van der Waals surface area contributed by atoms with E-state index >= 15 is 0 Å². The fraction of sp³-hybridized carbons (Fsp3) is 0.375. The fourth-order valence-electron chi connectivity index (χ4n) is 4.33. The Kier molecular flexibility index (Phi) is 5.46. The molecule has 0 saturated heterocycles. The van der Waals surface area contributed by atoms with Crippen molar-refractivity contribution in [3.63, 3.8) is 0 Å². The Bertz CT molecular complexity index is 1200. The van der Waals surface area contributed by atoms with Crippen molar-refractivity contribution in [1.29, 1.82) is 0 Å². The number of nitrogens with zero attached hydrogens (tertiary/aromatic N) is 1. The Hall–Kier alpha value is -3.13. The summed E-state index contributed by atoms with van der Waals surface area (Å²) in [6.07, 6.45) is 4.84. The van der Waals surface area contributed by atoms with Gasteiger partial charge in [-0.2, -0.15) is 0 Å². The van der Waals surface area contributed by atoms with Gasteiger partial charge in [0.1, 0.15) is 16.9 Å². The van der Waals surface area contributed by atoms with Crippen LogP contribution in [0.2, 0.25) is 0 Å². The van der Waals surface area contributed by atoms with E-state index in [4.69, 9.17) is 14.0 Å². The SMILES string of the molecule is CCOC(=O)c1c(NC(=O)c2cc(-c3ccc4c(c3)C[C@@H](C)O4)on2)sc2c1CCCC2. The number of fused-ring (bicyclic) bond motifs is 2. The lowest BCUT2D eigenvalue weighted by Crippen LogP contribution is -2.16. The van der Waals surface area contributed by atoms with Crippen molar-refractivity contribution >= 4 is 28.2 Å². The van der Waals surface area contributed by atoms with Crippen LogP contribution < -0.4 is 10.1 Å². The van der Waals surface area contributed by atoms with Gasteiger partial charge >= 0.3 is 5.97 Å². The van der Waals surface area contributed by atoms with Gasteiger partial charge in [-0.1, -0.05) is 5.16 Å². The molecule has 0 spiro atoms.